The standard InChI is InChI=1S/C11H7F13O2/c1-4(2)5(25)26-3-6(12,13)8(15,16)9(17,18)7(14,10(19,20)21)11(22,23)24/h1,3H2,2H3. The molecule has 0 aromatic carbocycles. The van der Waals surface area contributed by atoms with Crippen LogP contribution in [0, 0.1) is 0 Å². The molecule has 0 radical (unpaired) electrons. The Bertz CT molecular complexity index is 543. The molecule has 154 valence electrons. The molecule has 0 saturated carbocycles. The molecule has 0 fully saturated rings. The summed E-state index contributed by atoms with van der Waals surface area (Å²) in [6.07, 6.45) is -15.5. The van der Waals surface area contributed by atoms with Crippen molar-refractivity contribution in [3.8, 4) is 0 Å². The third-order valence-electron chi connectivity index (χ3n) is 2.80. The fraction of sp³-hybridized carbons (Fsp3) is 0.727. The largest absolute Gasteiger partial charge is 0.456 e. The molecule has 0 N–H and O–H groups in total. The minimum Gasteiger partial charge on any atom is -0.456 e. The smallest absolute Gasteiger partial charge is 0.438 e. The van der Waals surface area contributed by atoms with Crippen molar-refractivity contribution < 1.29 is 66.6 Å². The molecular formula is C11H7F13O2. The summed E-state index contributed by atoms with van der Waals surface area (Å²) in [6, 6.07) is 0. The second kappa shape index (κ2) is 6.48. The first-order chi connectivity index (χ1) is 11.1. The van der Waals surface area contributed by atoms with E-state index in [1.165, 1.54) is 0 Å². The Labute approximate surface area is 135 Å². The summed E-state index contributed by atoms with van der Waals surface area (Å²) < 4.78 is 169. The minimum absolute atomic E-state index is 0.749. The van der Waals surface area contributed by atoms with Gasteiger partial charge < -0.3 is 4.74 Å². The van der Waals surface area contributed by atoms with Crippen molar-refractivity contribution in [3.05, 3.63) is 12.2 Å². The topological polar surface area (TPSA) is 26.3 Å². The van der Waals surface area contributed by atoms with Crippen LogP contribution in [0.1, 0.15) is 6.92 Å². The fourth-order valence-corrected chi connectivity index (χ4v) is 1.33. The lowest BCUT2D eigenvalue weighted by Crippen LogP contribution is -2.73. The van der Waals surface area contributed by atoms with Crippen LogP contribution in [-0.4, -0.2) is 48.4 Å². The normalized spacial score (nSPS) is 15.0. The first-order valence-electron chi connectivity index (χ1n) is 5.86. The lowest BCUT2D eigenvalue weighted by atomic mass is 9.88. The van der Waals surface area contributed by atoms with Gasteiger partial charge in [-0.15, -0.1) is 0 Å². The quantitative estimate of drug-likeness (QED) is 0.351. The second-order valence-electron chi connectivity index (χ2n) is 4.86. The number of hydrogen-bond donors (Lipinski definition) is 0. The molecule has 2 nitrogen and oxygen atoms in total. The molecule has 0 bridgehead atoms. The van der Waals surface area contributed by atoms with E-state index in [1.807, 2.05) is 0 Å². The average molecular weight is 418 g/mol. The first kappa shape index (κ1) is 24.3. The van der Waals surface area contributed by atoms with Crippen molar-refractivity contribution in [1.29, 1.82) is 0 Å². The Balaban J connectivity index is 6.20. The molecular weight excluding hydrogens is 411 g/mol. The van der Waals surface area contributed by atoms with Gasteiger partial charge in [0.1, 0.15) is 0 Å². The Morgan fingerprint density at radius 3 is 1.38 bits per heavy atom. The summed E-state index contributed by atoms with van der Waals surface area (Å²) in [5.41, 5.74) is -8.78. The average Bonchev–Trinajstić information content (AvgIpc) is 2.40. The molecule has 0 unspecified atom stereocenters. The molecule has 0 aliphatic rings. The van der Waals surface area contributed by atoms with Crippen LogP contribution in [0.3, 0.4) is 0 Å². The lowest BCUT2D eigenvalue weighted by Gasteiger charge is -2.41. The van der Waals surface area contributed by atoms with Gasteiger partial charge in [-0.1, -0.05) is 6.58 Å². The van der Waals surface area contributed by atoms with Crippen LogP contribution in [-0.2, 0) is 9.53 Å². The number of rotatable bonds is 6. The number of halogens is 13. The zero-order valence-electron chi connectivity index (χ0n) is 12.1. The number of hydrogen-bond acceptors (Lipinski definition) is 2. The van der Waals surface area contributed by atoms with Crippen molar-refractivity contribution in [2.24, 2.45) is 0 Å². The predicted octanol–water partition coefficient (Wildman–Crippen LogP) is 4.84. The van der Waals surface area contributed by atoms with Crippen LogP contribution in [0.25, 0.3) is 0 Å². The van der Waals surface area contributed by atoms with Crippen LogP contribution in [0.2, 0.25) is 0 Å². The van der Waals surface area contributed by atoms with Crippen molar-refractivity contribution in [3.63, 3.8) is 0 Å². The van der Waals surface area contributed by atoms with Crippen LogP contribution in [0.5, 0.6) is 0 Å². The third-order valence-corrected chi connectivity index (χ3v) is 2.80. The summed E-state index contributed by atoms with van der Waals surface area (Å²) in [7, 11) is 0. The number of esters is 1. The molecule has 0 spiro atoms. The Hall–Kier alpha value is -1.70. The summed E-state index contributed by atoms with van der Waals surface area (Å²) in [4.78, 5) is 10.8. The van der Waals surface area contributed by atoms with E-state index in [4.69, 9.17) is 0 Å². The Morgan fingerprint density at radius 1 is 0.769 bits per heavy atom. The third kappa shape index (κ3) is 3.56. The maximum atomic E-state index is 13.2. The van der Waals surface area contributed by atoms with Crippen LogP contribution < -0.4 is 0 Å². The number of alkyl halides is 13. The van der Waals surface area contributed by atoms with E-state index in [-0.39, 0.29) is 0 Å². The molecule has 0 heterocycles. The number of carbonyl (C=O) groups excluding carboxylic acids is 1. The Morgan fingerprint density at radius 2 is 1.12 bits per heavy atom. The van der Waals surface area contributed by atoms with Gasteiger partial charge in [-0.2, -0.15) is 52.7 Å². The molecule has 0 aliphatic carbocycles. The van der Waals surface area contributed by atoms with E-state index in [0.29, 0.717) is 0 Å². The molecule has 0 atom stereocenters. The summed E-state index contributed by atoms with van der Waals surface area (Å²) in [5, 5.41) is 0. The lowest BCUT2D eigenvalue weighted by molar-refractivity contribution is -0.445. The van der Waals surface area contributed by atoms with Crippen LogP contribution in [0.4, 0.5) is 57.1 Å². The molecule has 26 heavy (non-hydrogen) atoms. The van der Waals surface area contributed by atoms with E-state index in [2.05, 4.69) is 11.3 Å². The molecule has 0 aromatic rings. The van der Waals surface area contributed by atoms with Gasteiger partial charge >= 0.3 is 41.8 Å². The van der Waals surface area contributed by atoms with E-state index < -0.39 is 53.9 Å². The van der Waals surface area contributed by atoms with E-state index in [0.717, 1.165) is 6.92 Å². The van der Waals surface area contributed by atoms with Crippen molar-refractivity contribution in [1.82, 2.24) is 0 Å². The van der Waals surface area contributed by atoms with Gasteiger partial charge in [-0.05, 0) is 6.92 Å². The molecule has 0 saturated heterocycles. The first-order valence-corrected chi connectivity index (χ1v) is 5.86. The van der Waals surface area contributed by atoms with Gasteiger partial charge in [0.15, 0.2) is 6.61 Å². The van der Waals surface area contributed by atoms with Crippen molar-refractivity contribution in [2.75, 3.05) is 6.61 Å². The highest BCUT2D eigenvalue weighted by Crippen LogP contribution is 2.61. The molecule has 0 rings (SSSR count). The maximum absolute atomic E-state index is 13.2. The fourth-order valence-electron chi connectivity index (χ4n) is 1.33. The molecule has 0 aromatic heterocycles. The monoisotopic (exact) mass is 418 g/mol. The van der Waals surface area contributed by atoms with Crippen LogP contribution >= 0.6 is 0 Å². The van der Waals surface area contributed by atoms with E-state index >= 15 is 0 Å². The van der Waals surface area contributed by atoms with Crippen molar-refractivity contribution >= 4 is 5.97 Å². The van der Waals surface area contributed by atoms with Crippen LogP contribution in [0.15, 0.2) is 12.2 Å². The summed E-state index contributed by atoms with van der Waals surface area (Å²) in [5.74, 6) is -24.0. The van der Waals surface area contributed by atoms with E-state index in [9.17, 15) is 61.9 Å². The highest BCUT2D eigenvalue weighted by molar-refractivity contribution is 5.86. The summed E-state index contributed by atoms with van der Waals surface area (Å²) in [6.45, 7) is 0.439. The minimum atomic E-state index is -8.03. The SMILES string of the molecule is C=C(C)C(=O)OCC(F)(F)C(F)(F)C(F)(F)C(F)(C(F)(F)F)C(F)(F)F. The summed E-state index contributed by atoms with van der Waals surface area (Å²) >= 11 is 0. The highest BCUT2D eigenvalue weighted by Gasteiger charge is 2.93. The zero-order chi connectivity index (χ0) is 21.6. The van der Waals surface area contributed by atoms with Crippen molar-refractivity contribution in [2.45, 2.75) is 42.7 Å². The molecule has 0 aliphatic heterocycles. The zero-order valence-corrected chi connectivity index (χ0v) is 12.1. The number of carbonyl (C=O) groups is 1. The van der Waals surface area contributed by atoms with Gasteiger partial charge in [0.2, 0.25) is 0 Å². The number of ether oxygens (including phenoxy) is 1. The van der Waals surface area contributed by atoms with Gasteiger partial charge in [0, 0.05) is 5.57 Å². The van der Waals surface area contributed by atoms with E-state index in [1.54, 1.807) is 0 Å². The predicted molar refractivity (Wildman–Crippen MR) is 56.6 cm³/mol. The van der Waals surface area contributed by atoms with Gasteiger partial charge in [-0.3, -0.25) is 0 Å². The van der Waals surface area contributed by atoms with Gasteiger partial charge in [0.05, 0.1) is 0 Å². The van der Waals surface area contributed by atoms with Gasteiger partial charge in [0.25, 0.3) is 0 Å². The maximum Gasteiger partial charge on any atom is 0.438 e. The molecule has 0 amide bonds. The molecule has 15 heteroatoms. The second-order valence-corrected chi connectivity index (χ2v) is 4.86. The Kier molecular flexibility index (Phi) is 6.05. The highest BCUT2D eigenvalue weighted by atomic mass is 19.4. The van der Waals surface area contributed by atoms with Gasteiger partial charge in [-0.25, -0.2) is 9.18 Å².